The molecule has 84 valence electrons. The first-order valence-electron chi connectivity index (χ1n) is 3.99. The molecular formula is C4H8N6O4S. The normalized spacial score (nSPS) is 33.6. The van der Waals surface area contributed by atoms with E-state index < -0.39 is 10.2 Å². The molecule has 0 N–H and O–H groups in total. The van der Waals surface area contributed by atoms with Crippen molar-refractivity contribution in [3.05, 3.63) is 9.81 Å². The minimum atomic E-state index is -3.57. The van der Waals surface area contributed by atoms with Crippen molar-refractivity contribution in [2.45, 2.75) is 0 Å². The summed E-state index contributed by atoms with van der Waals surface area (Å²) in [5, 5.41) is 7.40. The van der Waals surface area contributed by atoms with Gasteiger partial charge in [0, 0.05) is 0 Å². The maximum atomic E-state index is 11.6. The van der Waals surface area contributed by atoms with E-state index in [2.05, 4.69) is 10.6 Å². The van der Waals surface area contributed by atoms with Crippen LogP contribution < -0.4 is 0 Å². The predicted molar refractivity (Wildman–Crippen MR) is 47.3 cm³/mol. The summed E-state index contributed by atoms with van der Waals surface area (Å²) in [6.07, 6.45) is 0. The molecule has 0 radical (unpaired) electrons. The van der Waals surface area contributed by atoms with E-state index in [0.29, 0.717) is 0 Å². The second-order valence-electron chi connectivity index (χ2n) is 3.15. The maximum Gasteiger partial charge on any atom is 0.288 e. The van der Waals surface area contributed by atoms with Crippen molar-refractivity contribution in [2.24, 2.45) is 10.6 Å². The first kappa shape index (κ1) is 10.2. The van der Waals surface area contributed by atoms with Crippen LogP contribution in [-0.2, 0) is 10.2 Å². The summed E-state index contributed by atoms with van der Waals surface area (Å²) in [7, 11) is -3.57. The van der Waals surface area contributed by atoms with Gasteiger partial charge in [-0.3, -0.25) is 0 Å². The van der Waals surface area contributed by atoms with Crippen LogP contribution in [0.25, 0.3) is 0 Å². The minimum Gasteiger partial charge on any atom is -0.230 e. The molecule has 0 amide bonds. The fourth-order valence-corrected chi connectivity index (χ4v) is 2.91. The highest BCUT2D eigenvalue weighted by Gasteiger charge is 2.43. The zero-order valence-corrected chi connectivity index (χ0v) is 8.37. The molecule has 15 heavy (non-hydrogen) atoms. The van der Waals surface area contributed by atoms with E-state index in [0.717, 1.165) is 18.6 Å². The van der Waals surface area contributed by atoms with Crippen LogP contribution in [0.1, 0.15) is 0 Å². The Labute approximate surface area is 85.1 Å². The quantitative estimate of drug-likeness (QED) is 0.549. The Balaban J connectivity index is 2.27. The Hall–Kier alpha value is -1.33. The SMILES string of the molecule is O=NN1CN2CN(N=O)CN(C1)S2(=O)=O. The zero-order valence-electron chi connectivity index (χ0n) is 7.55. The van der Waals surface area contributed by atoms with Crippen molar-refractivity contribution in [1.82, 2.24) is 18.6 Å². The van der Waals surface area contributed by atoms with Crippen LogP contribution in [0.3, 0.4) is 0 Å². The van der Waals surface area contributed by atoms with E-state index in [1.54, 1.807) is 0 Å². The largest absolute Gasteiger partial charge is 0.288 e. The van der Waals surface area contributed by atoms with Gasteiger partial charge in [-0.25, -0.2) is 10.0 Å². The highest BCUT2D eigenvalue weighted by atomic mass is 32.2. The molecule has 0 atom stereocenters. The molecule has 11 heteroatoms. The van der Waals surface area contributed by atoms with Crippen LogP contribution >= 0.6 is 0 Å². The first-order chi connectivity index (χ1) is 7.07. The average molecular weight is 236 g/mol. The molecule has 2 heterocycles. The number of nitroso groups, excluding NO2 is 2. The summed E-state index contributed by atoms with van der Waals surface area (Å²) in [5.41, 5.74) is 0. The van der Waals surface area contributed by atoms with E-state index in [1.165, 1.54) is 0 Å². The summed E-state index contributed by atoms with van der Waals surface area (Å²) < 4.78 is 25.2. The number of hydrogen-bond donors (Lipinski definition) is 0. The zero-order chi connectivity index (χ0) is 11.1. The second-order valence-corrected chi connectivity index (χ2v) is 5.08. The summed E-state index contributed by atoms with van der Waals surface area (Å²) in [5.74, 6) is 0. The molecular weight excluding hydrogens is 228 g/mol. The van der Waals surface area contributed by atoms with E-state index in [-0.39, 0.29) is 26.7 Å². The molecule has 0 aromatic heterocycles. The maximum absolute atomic E-state index is 11.6. The van der Waals surface area contributed by atoms with Gasteiger partial charge in [-0.15, -0.1) is 18.4 Å². The van der Waals surface area contributed by atoms with E-state index in [9.17, 15) is 18.2 Å². The molecule has 0 unspecified atom stereocenters. The Morgan fingerprint density at radius 3 is 1.40 bits per heavy atom. The fourth-order valence-electron chi connectivity index (χ4n) is 1.47. The van der Waals surface area contributed by atoms with E-state index >= 15 is 0 Å². The lowest BCUT2D eigenvalue weighted by atomic mass is 10.7. The number of rotatable bonds is 2. The highest BCUT2D eigenvalue weighted by molar-refractivity contribution is 7.86. The Morgan fingerprint density at radius 1 is 0.800 bits per heavy atom. The van der Waals surface area contributed by atoms with E-state index in [1.807, 2.05) is 0 Å². The van der Waals surface area contributed by atoms with Crippen molar-refractivity contribution in [1.29, 1.82) is 0 Å². The van der Waals surface area contributed by atoms with Gasteiger partial charge in [0.2, 0.25) is 0 Å². The van der Waals surface area contributed by atoms with Crippen molar-refractivity contribution >= 4 is 10.2 Å². The number of hydrogen-bond acceptors (Lipinski definition) is 6. The van der Waals surface area contributed by atoms with Gasteiger partial charge < -0.3 is 0 Å². The van der Waals surface area contributed by atoms with E-state index in [4.69, 9.17) is 0 Å². The predicted octanol–water partition coefficient (Wildman–Crippen LogP) is -1.34. The van der Waals surface area contributed by atoms with Crippen LogP contribution in [0.4, 0.5) is 0 Å². The van der Waals surface area contributed by atoms with Crippen LogP contribution in [0.2, 0.25) is 0 Å². The third-order valence-corrected chi connectivity index (χ3v) is 3.93. The molecule has 2 rings (SSSR count). The molecule has 2 saturated heterocycles. The molecule has 2 fully saturated rings. The third-order valence-electron chi connectivity index (χ3n) is 2.17. The Kier molecular flexibility index (Phi) is 2.28. The van der Waals surface area contributed by atoms with Gasteiger partial charge >= 0.3 is 0 Å². The summed E-state index contributed by atoms with van der Waals surface area (Å²) in [6.45, 7) is -0.634. The molecule has 10 nitrogen and oxygen atoms in total. The lowest BCUT2D eigenvalue weighted by Crippen LogP contribution is -2.64. The Bertz CT molecular complexity index is 341. The van der Waals surface area contributed by atoms with Gasteiger partial charge in [0.25, 0.3) is 10.2 Å². The van der Waals surface area contributed by atoms with Crippen molar-refractivity contribution in [3.63, 3.8) is 0 Å². The van der Waals surface area contributed by atoms with Gasteiger partial charge in [-0.05, 0) is 0 Å². The molecule has 0 saturated carbocycles. The van der Waals surface area contributed by atoms with Gasteiger partial charge in [0.1, 0.15) is 26.7 Å². The summed E-state index contributed by atoms with van der Waals surface area (Å²) in [6, 6.07) is 0. The number of fused-ring (bicyclic) bond motifs is 2. The molecule has 2 aliphatic rings. The van der Waals surface area contributed by atoms with Gasteiger partial charge in [-0.2, -0.15) is 8.42 Å². The fraction of sp³-hybridized carbons (Fsp3) is 1.00. The molecule has 0 aromatic rings. The Morgan fingerprint density at radius 2 is 1.13 bits per heavy atom. The summed E-state index contributed by atoms with van der Waals surface area (Å²) >= 11 is 0. The standard InChI is InChI=1S/C4H8N6O4S/c11-5-7-1-9-3-8(6-12)4-10(2-7)15(9,13)14/h1-4H2. The van der Waals surface area contributed by atoms with Crippen molar-refractivity contribution in [2.75, 3.05) is 26.7 Å². The molecule has 2 aliphatic heterocycles. The van der Waals surface area contributed by atoms with Gasteiger partial charge in [0.05, 0.1) is 10.6 Å². The smallest absolute Gasteiger partial charge is 0.230 e. The topological polar surface area (TPSA) is 106 Å². The lowest BCUT2D eigenvalue weighted by Gasteiger charge is -2.44. The number of nitrogens with zero attached hydrogens (tertiary/aromatic N) is 6. The van der Waals surface area contributed by atoms with Crippen LogP contribution in [0, 0.1) is 9.81 Å². The lowest BCUT2D eigenvalue weighted by molar-refractivity contribution is 0.00137. The van der Waals surface area contributed by atoms with Crippen LogP contribution in [0.15, 0.2) is 10.6 Å². The monoisotopic (exact) mass is 236 g/mol. The molecule has 2 bridgehead atoms. The second kappa shape index (κ2) is 3.36. The molecule has 0 aliphatic carbocycles. The average Bonchev–Trinajstić information content (AvgIpc) is 2.16. The minimum absolute atomic E-state index is 0.158. The first-order valence-corrected chi connectivity index (χ1v) is 5.39. The van der Waals surface area contributed by atoms with Crippen molar-refractivity contribution in [3.8, 4) is 0 Å². The summed E-state index contributed by atoms with van der Waals surface area (Å²) in [4.78, 5) is 20.6. The van der Waals surface area contributed by atoms with Crippen molar-refractivity contribution < 1.29 is 8.42 Å². The van der Waals surface area contributed by atoms with Crippen LogP contribution in [0.5, 0.6) is 0 Å². The molecule has 0 aromatic carbocycles. The molecule has 0 spiro atoms. The van der Waals surface area contributed by atoms with Gasteiger partial charge in [-0.1, -0.05) is 0 Å². The third kappa shape index (κ3) is 1.53. The van der Waals surface area contributed by atoms with Gasteiger partial charge in [0.15, 0.2) is 0 Å². The highest BCUT2D eigenvalue weighted by Crippen LogP contribution is 2.22. The van der Waals surface area contributed by atoms with Crippen LogP contribution in [-0.4, -0.2) is 53.7 Å².